The Morgan fingerprint density at radius 2 is 1.94 bits per heavy atom. The Kier molecular flexibility index (Phi) is 6.15. The lowest BCUT2D eigenvalue weighted by atomic mass is 10.1. The van der Waals surface area contributed by atoms with E-state index in [2.05, 4.69) is 26.0 Å². The number of carbonyl (C=O) groups is 1. The summed E-state index contributed by atoms with van der Waals surface area (Å²) in [4.78, 5) is 10.9. The zero-order chi connectivity index (χ0) is 13.5. The van der Waals surface area contributed by atoms with Crippen LogP contribution in [-0.2, 0) is 9.53 Å². The molecule has 0 aliphatic heterocycles. The molecular formula is C13H18BrNO3. The molecule has 5 heteroatoms. The Morgan fingerprint density at radius 1 is 1.33 bits per heavy atom. The topological polar surface area (TPSA) is 47.6 Å². The highest BCUT2D eigenvalue weighted by atomic mass is 79.9. The first kappa shape index (κ1) is 15.0. The Balaban J connectivity index is 2.49. The fraction of sp³-hybridized carbons (Fsp3) is 0.462. The number of halogens is 1. The highest BCUT2D eigenvalue weighted by molar-refractivity contribution is 9.10. The highest BCUT2D eigenvalue weighted by Gasteiger charge is 2.16. The van der Waals surface area contributed by atoms with Gasteiger partial charge in [0.25, 0.3) is 0 Å². The number of hydrogen-bond acceptors (Lipinski definition) is 4. The maximum Gasteiger partial charge on any atom is 0.320 e. The van der Waals surface area contributed by atoms with Gasteiger partial charge in [0.15, 0.2) is 0 Å². The van der Waals surface area contributed by atoms with Gasteiger partial charge in [-0.1, -0.05) is 28.1 Å². The van der Waals surface area contributed by atoms with E-state index in [4.69, 9.17) is 4.74 Å². The summed E-state index contributed by atoms with van der Waals surface area (Å²) in [6, 6.07) is 7.98. The summed E-state index contributed by atoms with van der Waals surface area (Å²) in [5.41, 5.74) is 1.14. The second kappa shape index (κ2) is 7.38. The molecule has 0 fully saturated rings. The van der Waals surface area contributed by atoms with Gasteiger partial charge < -0.3 is 14.8 Å². The summed E-state index contributed by atoms with van der Waals surface area (Å²) >= 11 is 3.27. The van der Waals surface area contributed by atoms with Crippen molar-refractivity contribution in [1.82, 2.24) is 5.32 Å². The molecule has 0 radical (unpaired) electrons. The van der Waals surface area contributed by atoms with E-state index in [9.17, 15) is 4.79 Å². The van der Waals surface area contributed by atoms with Gasteiger partial charge in [-0.15, -0.1) is 0 Å². The van der Waals surface area contributed by atoms with E-state index in [-0.39, 0.29) is 16.8 Å². The third-order valence-corrected chi connectivity index (χ3v) is 3.37. The van der Waals surface area contributed by atoms with Crippen LogP contribution in [0.1, 0.15) is 18.5 Å². The van der Waals surface area contributed by atoms with Crippen molar-refractivity contribution in [2.45, 2.75) is 17.8 Å². The van der Waals surface area contributed by atoms with Gasteiger partial charge in [-0.3, -0.25) is 4.79 Å². The third kappa shape index (κ3) is 4.31. The zero-order valence-electron chi connectivity index (χ0n) is 10.8. The lowest BCUT2D eigenvalue weighted by Gasteiger charge is -2.16. The number of hydrogen-bond donors (Lipinski definition) is 1. The summed E-state index contributed by atoms with van der Waals surface area (Å²) in [5, 5.41) is 3.26. The quantitative estimate of drug-likeness (QED) is 0.646. The minimum absolute atomic E-state index is 0.153. The second-order valence-electron chi connectivity index (χ2n) is 3.89. The molecule has 0 saturated carbocycles. The number of nitrogens with one attached hydrogen (secondary N) is 1. The standard InChI is InChI=1S/C13H18BrNO3/c1-9(15-8-12(14)13(16)18-3)10-4-6-11(17-2)7-5-10/h4-7,9,12,15H,8H2,1-3H3/t9-,12?/m1/s1. The van der Waals surface area contributed by atoms with Crippen LogP contribution in [-0.4, -0.2) is 31.6 Å². The summed E-state index contributed by atoms with van der Waals surface area (Å²) < 4.78 is 9.74. The second-order valence-corrected chi connectivity index (χ2v) is 5.00. The molecule has 0 aliphatic rings. The molecule has 1 aromatic carbocycles. The number of methoxy groups -OCH3 is 2. The SMILES string of the molecule is COC(=O)C(Br)CN[C@H](C)c1ccc(OC)cc1. The minimum Gasteiger partial charge on any atom is -0.497 e. The molecule has 1 rings (SSSR count). The molecule has 0 amide bonds. The van der Waals surface area contributed by atoms with E-state index in [1.807, 2.05) is 31.2 Å². The Labute approximate surface area is 116 Å². The van der Waals surface area contributed by atoms with E-state index in [0.717, 1.165) is 11.3 Å². The predicted octanol–water partition coefficient (Wildman–Crippen LogP) is 2.28. The molecular weight excluding hydrogens is 298 g/mol. The van der Waals surface area contributed by atoms with Crippen molar-refractivity contribution < 1.29 is 14.3 Å². The Bertz CT molecular complexity index is 380. The molecule has 0 aromatic heterocycles. The molecule has 1 N–H and O–H groups in total. The normalized spacial score (nSPS) is 13.8. The maximum atomic E-state index is 11.2. The molecule has 0 spiro atoms. The van der Waals surface area contributed by atoms with Crippen molar-refractivity contribution in [1.29, 1.82) is 0 Å². The smallest absolute Gasteiger partial charge is 0.320 e. The van der Waals surface area contributed by atoms with E-state index in [1.54, 1.807) is 7.11 Å². The molecule has 2 atom stereocenters. The number of rotatable bonds is 6. The molecule has 1 aromatic rings. The van der Waals surface area contributed by atoms with Crippen LogP contribution in [0.4, 0.5) is 0 Å². The van der Waals surface area contributed by atoms with Gasteiger partial charge in [-0.25, -0.2) is 0 Å². The highest BCUT2D eigenvalue weighted by Crippen LogP contribution is 2.17. The number of alkyl halides is 1. The van der Waals surface area contributed by atoms with Crippen molar-refractivity contribution in [3.63, 3.8) is 0 Å². The van der Waals surface area contributed by atoms with Crippen LogP contribution in [0.5, 0.6) is 5.75 Å². The average Bonchev–Trinajstić information content (AvgIpc) is 2.43. The fourth-order valence-corrected chi connectivity index (χ4v) is 1.88. The number of ether oxygens (including phenoxy) is 2. The zero-order valence-corrected chi connectivity index (χ0v) is 12.4. The van der Waals surface area contributed by atoms with E-state index >= 15 is 0 Å². The van der Waals surface area contributed by atoms with Gasteiger partial charge >= 0.3 is 5.97 Å². The molecule has 1 unspecified atom stereocenters. The van der Waals surface area contributed by atoms with Gasteiger partial charge in [0, 0.05) is 12.6 Å². The number of carbonyl (C=O) groups excluding carboxylic acids is 1. The van der Waals surface area contributed by atoms with Crippen molar-refractivity contribution in [2.75, 3.05) is 20.8 Å². The van der Waals surface area contributed by atoms with Crippen LogP contribution in [0.3, 0.4) is 0 Å². The fourth-order valence-electron chi connectivity index (χ4n) is 1.50. The first-order valence-corrected chi connectivity index (χ1v) is 6.59. The van der Waals surface area contributed by atoms with Gasteiger partial charge in [0.05, 0.1) is 14.2 Å². The molecule has 0 bridgehead atoms. The Morgan fingerprint density at radius 3 is 2.44 bits per heavy atom. The maximum absolute atomic E-state index is 11.2. The van der Waals surface area contributed by atoms with E-state index in [0.29, 0.717) is 6.54 Å². The molecule has 100 valence electrons. The van der Waals surface area contributed by atoms with Crippen LogP contribution in [0, 0.1) is 0 Å². The lowest BCUT2D eigenvalue weighted by molar-refractivity contribution is -0.139. The molecule has 18 heavy (non-hydrogen) atoms. The predicted molar refractivity (Wildman–Crippen MR) is 74.1 cm³/mol. The van der Waals surface area contributed by atoms with Crippen molar-refractivity contribution in [3.05, 3.63) is 29.8 Å². The van der Waals surface area contributed by atoms with Crippen molar-refractivity contribution >= 4 is 21.9 Å². The van der Waals surface area contributed by atoms with Crippen molar-refractivity contribution in [2.24, 2.45) is 0 Å². The molecule has 0 saturated heterocycles. The summed E-state index contributed by atoms with van der Waals surface area (Å²) in [7, 11) is 3.02. The molecule has 4 nitrogen and oxygen atoms in total. The van der Waals surface area contributed by atoms with Crippen LogP contribution < -0.4 is 10.1 Å². The van der Waals surface area contributed by atoms with Crippen LogP contribution in [0.25, 0.3) is 0 Å². The van der Waals surface area contributed by atoms with Gasteiger partial charge in [0.1, 0.15) is 10.6 Å². The summed E-state index contributed by atoms with van der Waals surface area (Å²) in [6.07, 6.45) is 0. The van der Waals surface area contributed by atoms with Gasteiger partial charge in [-0.2, -0.15) is 0 Å². The van der Waals surface area contributed by atoms with Crippen LogP contribution in [0.15, 0.2) is 24.3 Å². The number of esters is 1. The number of benzene rings is 1. The largest absolute Gasteiger partial charge is 0.497 e. The first-order chi connectivity index (χ1) is 8.58. The van der Waals surface area contributed by atoms with Crippen LogP contribution >= 0.6 is 15.9 Å². The summed E-state index contributed by atoms with van der Waals surface area (Å²) in [6.45, 7) is 2.55. The third-order valence-electron chi connectivity index (χ3n) is 2.68. The molecule has 0 aliphatic carbocycles. The lowest BCUT2D eigenvalue weighted by Crippen LogP contribution is -2.31. The molecule has 0 heterocycles. The van der Waals surface area contributed by atoms with E-state index in [1.165, 1.54) is 7.11 Å². The van der Waals surface area contributed by atoms with Crippen LogP contribution in [0.2, 0.25) is 0 Å². The monoisotopic (exact) mass is 315 g/mol. The van der Waals surface area contributed by atoms with Gasteiger partial charge in [-0.05, 0) is 24.6 Å². The summed E-state index contributed by atoms with van der Waals surface area (Å²) in [5.74, 6) is 0.559. The van der Waals surface area contributed by atoms with Crippen molar-refractivity contribution in [3.8, 4) is 5.75 Å². The van der Waals surface area contributed by atoms with Gasteiger partial charge in [0.2, 0.25) is 0 Å². The average molecular weight is 316 g/mol. The Hall–Kier alpha value is -1.07. The first-order valence-electron chi connectivity index (χ1n) is 5.67. The van der Waals surface area contributed by atoms with E-state index < -0.39 is 0 Å². The minimum atomic E-state index is -0.330.